The summed E-state index contributed by atoms with van der Waals surface area (Å²) in [5.41, 5.74) is 0.776. The van der Waals surface area contributed by atoms with E-state index in [1.54, 1.807) is 30.3 Å². The van der Waals surface area contributed by atoms with Crippen LogP contribution < -0.4 is 15.8 Å². The van der Waals surface area contributed by atoms with E-state index >= 15 is 0 Å². The number of carbonyl (C=O) groups excluding carboxylic acids is 1. The van der Waals surface area contributed by atoms with E-state index < -0.39 is 0 Å². The highest BCUT2D eigenvalue weighted by Crippen LogP contribution is 2.21. The van der Waals surface area contributed by atoms with Gasteiger partial charge < -0.3 is 10.2 Å². The molecule has 9 heteroatoms. The summed E-state index contributed by atoms with van der Waals surface area (Å²) >= 11 is 0. The van der Waals surface area contributed by atoms with E-state index in [2.05, 4.69) is 25.4 Å². The van der Waals surface area contributed by atoms with Gasteiger partial charge in [-0.05, 0) is 18.8 Å². The van der Waals surface area contributed by atoms with Crippen LogP contribution >= 0.6 is 0 Å². The Morgan fingerprint density at radius 2 is 2.12 bits per heavy atom. The molecule has 3 rings (SSSR count). The zero-order chi connectivity index (χ0) is 17.6. The predicted octanol–water partition coefficient (Wildman–Crippen LogP) is -0.205. The number of amides is 1. The third-order valence-electron chi connectivity index (χ3n) is 4.56. The van der Waals surface area contributed by atoms with Crippen molar-refractivity contribution in [2.45, 2.75) is 25.8 Å². The second kappa shape index (κ2) is 7.91. The van der Waals surface area contributed by atoms with E-state index in [0.29, 0.717) is 25.4 Å². The largest absolute Gasteiger partial charge is 0.370 e. The van der Waals surface area contributed by atoms with Crippen LogP contribution in [-0.4, -0.2) is 50.1 Å². The van der Waals surface area contributed by atoms with Gasteiger partial charge >= 0.3 is 0 Å². The number of rotatable bonds is 6. The Morgan fingerprint density at radius 1 is 1.32 bits per heavy atom. The average Bonchev–Trinajstić information content (AvgIpc) is 3.14. The number of hydrogen-bond acceptors (Lipinski definition) is 6. The first kappa shape index (κ1) is 17.1. The van der Waals surface area contributed by atoms with Crippen molar-refractivity contribution in [3.8, 4) is 0 Å². The van der Waals surface area contributed by atoms with E-state index in [1.165, 1.54) is 11.0 Å². The highest BCUT2D eigenvalue weighted by Gasteiger charge is 2.20. The van der Waals surface area contributed by atoms with Crippen molar-refractivity contribution in [2.24, 2.45) is 13.0 Å². The van der Waals surface area contributed by atoms with Gasteiger partial charge in [-0.1, -0.05) is 0 Å². The fraction of sp³-hybridized carbons (Fsp3) is 0.562. The summed E-state index contributed by atoms with van der Waals surface area (Å²) in [4.78, 5) is 29.6. The lowest BCUT2D eigenvalue weighted by Crippen LogP contribution is -2.39. The molecular formula is C16H23N7O2. The summed E-state index contributed by atoms with van der Waals surface area (Å²) in [6.45, 7) is 2.97. The van der Waals surface area contributed by atoms with Crippen LogP contribution in [0.5, 0.6) is 0 Å². The lowest BCUT2D eigenvalue weighted by Gasteiger charge is -2.33. The van der Waals surface area contributed by atoms with Crippen LogP contribution in [0.1, 0.15) is 19.3 Å². The van der Waals surface area contributed by atoms with E-state index in [1.807, 2.05) is 0 Å². The maximum Gasteiger partial charge on any atom is 0.268 e. The fourth-order valence-corrected chi connectivity index (χ4v) is 2.94. The Balaban J connectivity index is 1.39. The van der Waals surface area contributed by atoms with Crippen molar-refractivity contribution in [2.75, 3.05) is 24.5 Å². The van der Waals surface area contributed by atoms with Crippen LogP contribution in [0, 0.1) is 5.92 Å². The SMILES string of the molecule is Cn1ncc(N2CCC(CNC(=O)CCn3cncn3)CC2)cc1=O. The molecule has 3 heterocycles. The Kier molecular flexibility index (Phi) is 5.42. The molecule has 25 heavy (non-hydrogen) atoms. The lowest BCUT2D eigenvalue weighted by atomic mass is 9.96. The summed E-state index contributed by atoms with van der Waals surface area (Å²) < 4.78 is 2.97. The number of carbonyl (C=O) groups is 1. The normalized spacial score (nSPS) is 15.3. The number of aromatic nitrogens is 5. The molecule has 1 saturated heterocycles. The van der Waals surface area contributed by atoms with Gasteiger partial charge in [0, 0.05) is 39.2 Å². The molecule has 0 unspecified atom stereocenters. The first-order chi connectivity index (χ1) is 12.1. The van der Waals surface area contributed by atoms with Crippen LogP contribution in [0.3, 0.4) is 0 Å². The predicted molar refractivity (Wildman–Crippen MR) is 92.1 cm³/mol. The first-order valence-corrected chi connectivity index (χ1v) is 8.49. The number of anilines is 1. The van der Waals surface area contributed by atoms with Crippen molar-refractivity contribution in [1.82, 2.24) is 29.9 Å². The summed E-state index contributed by atoms with van der Waals surface area (Å²) in [5.74, 6) is 0.500. The fourth-order valence-electron chi connectivity index (χ4n) is 2.94. The molecule has 0 spiro atoms. The van der Waals surface area contributed by atoms with Gasteiger partial charge in [0.1, 0.15) is 12.7 Å². The summed E-state index contributed by atoms with van der Waals surface area (Å²) in [7, 11) is 1.64. The number of nitrogens with one attached hydrogen (secondary N) is 1. The molecule has 0 bridgehead atoms. The maximum absolute atomic E-state index is 11.9. The van der Waals surface area contributed by atoms with Gasteiger partial charge in [0.05, 0.1) is 18.4 Å². The van der Waals surface area contributed by atoms with E-state index in [4.69, 9.17) is 0 Å². The van der Waals surface area contributed by atoms with Crippen LogP contribution in [-0.2, 0) is 18.4 Å². The molecule has 1 aliphatic rings. The minimum Gasteiger partial charge on any atom is -0.370 e. The van der Waals surface area contributed by atoms with Crippen molar-refractivity contribution in [3.05, 3.63) is 35.3 Å². The molecule has 9 nitrogen and oxygen atoms in total. The monoisotopic (exact) mass is 345 g/mol. The van der Waals surface area contributed by atoms with Crippen LogP contribution in [0.4, 0.5) is 5.69 Å². The summed E-state index contributed by atoms with van der Waals surface area (Å²) in [6, 6.07) is 1.62. The van der Waals surface area contributed by atoms with Gasteiger partial charge in [0.15, 0.2) is 0 Å². The zero-order valence-corrected chi connectivity index (χ0v) is 14.3. The highest BCUT2D eigenvalue weighted by atomic mass is 16.1. The number of nitrogens with zero attached hydrogens (tertiary/aromatic N) is 6. The Bertz CT molecular complexity index is 748. The van der Waals surface area contributed by atoms with Crippen molar-refractivity contribution in [3.63, 3.8) is 0 Å². The van der Waals surface area contributed by atoms with E-state index in [9.17, 15) is 9.59 Å². The average molecular weight is 345 g/mol. The third-order valence-corrected chi connectivity index (χ3v) is 4.56. The smallest absolute Gasteiger partial charge is 0.268 e. The first-order valence-electron chi connectivity index (χ1n) is 8.49. The molecule has 0 atom stereocenters. The Hall–Kier alpha value is -2.71. The molecule has 1 fully saturated rings. The summed E-state index contributed by atoms with van der Waals surface area (Å²) in [6.07, 6.45) is 7.17. The molecule has 1 amide bonds. The molecule has 134 valence electrons. The second-order valence-electron chi connectivity index (χ2n) is 6.32. The van der Waals surface area contributed by atoms with Gasteiger partial charge in [-0.15, -0.1) is 0 Å². The van der Waals surface area contributed by atoms with Crippen molar-refractivity contribution < 1.29 is 4.79 Å². The Labute approximate surface area is 145 Å². The minimum atomic E-state index is -0.0979. The standard InChI is InChI=1S/C16H23N7O2/c1-21-16(25)8-14(10-19-21)22-5-2-13(3-6-22)9-18-15(24)4-7-23-12-17-11-20-23/h8,10-13H,2-7,9H2,1H3,(H,18,24). The van der Waals surface area contributed by atoms with Crippen LogP contribution in [0.25, 0.3) is 0 Å². The minimum absolute atomic E-state index is 0.0358. The van der Waals surface area contributed by atoms with E-state index in [-0.39, 0.29) is 11.5 Å². The number of aryl methyl sites for hydroxylation is 2. The highest BCUT2D eigenvalue weighted by molar-refractivity contribution is 5.75. The van der Waals surface area contributed by atoms with E-state index in [0.717, 1.165) is 31.6 Å². The molecule has 2 aromatic heterocycles. The van der Waals surface area contributed by atoms with Gasteiger partial charge in [-0.3, -0.25) is 14.3 Å². The molecule has 0 aliphatic carbocycles. The van der Waals surface area contributed by atoms with Crippen molar-refractivity contribution in [1.29, 1.82) is 0 Å². The molecular weight excluding hydrogens is 322 g/mol. The number of hydrogen-bond donors (Lipinski definition) is 1. The van der Waals surface area contributed by atoms with Gasteiger partial charge in [-0.25, -0.2) is 9.67 Å². The molecule has 1 N–H and O–H groups in total. The molecule has 0 saturated carbocycles. The van der Waals surface area contributed by atoms with Gasteiger partial charge in [0.2, 0.25) is 5.91 Å². The molecule has 1 aliphatic heterocycles. The second-order valence-corrected chi connectivity index (χ2v) is 6.32. The third kappa shape index (κ3) is 4.65. The van der Waals surface area contributed by atoms with Crippen molar-refractivity contribution >= 4 is 11.6 Å². The zero-order valence-electron chi connectivity index (χ0n) is 14.3. The van der Waals surface area contributed by atoms with Crippen LogP contribution in [0.15, 0.2) is 29.7 Å². The summed E-state index contributed by atoms with van der Waals surface area (Å²) in [5, 5.41) is 11.0. The quantitative estimate of drug-likeness (QED) is 0.778. The maximum atomic E-state index is 11.9. The Morgan fingerprint density at radius 3 is 2.80 bits per heavy atom. The topological polar surface area (TPSA) is 97.9 Å². The lowest BCUT2D eigenvalue weighted by molar-refractivity contribution is -0.121. The molecule has 2 aromatic rings. The molecule has 0 radical (unpaired) electrons. The van der Waals surface area contributed by atoms with Gasteiger partial charge in [-0.2, -0.15) is 10.2 Å². The van der Waals surface area contributed by atoms with Gasteiger partial charge in [0.25, 0.3) is 5.56 Å². The number of piperidine rings is 1. The molecule has 0 aromatic carbocycles. The van der Waals surface area contributed by atoms with Crippen LogP contribution in [0.2, 0.25) is 0 Å².